The number of nitrogens with one attached hydrogen (secondary N) is 1. The minimum Gasteiger partial charge on any atom is -0.311 e. The Morgan fingerprint density at radius 2 is 1.91 bits per heavy atom. The van der Waals surface area contributed by atoms with Crippen LogP contribution in [0.1, 0.15) is 11.5 Å². The van der Waals surface area contributed by atoms with Gasteiger partial charge in [-0.15, -0.1) is 0 Å². The molecule has 1 aromatic carbocycles. The Kier molecular flexibility index (Phi) is 2.54. The fraction of sp³-hybridized carbons (Fsp3) is 0.400. The Hall–Kier alpha value is -1.93. The molecule has 0 unspecified atom stereocenters. The molecule has 22 heavy (non-hydrogen) atoms. The SMILES string of the molecule is N#C[C@@]12C(N)=[NH+]C3(OCCO3)[C@]1(C#N)[C@@H]2c1ccccc1Br. The van der Waals surface area contributed by atoms with Gasteiger partial charge in [-0.1, -0.05) is 34.1 Å². The third kappa shape index (κ3) is 1.17. The van der Waals surface area contributed by atoms with Gasteiger partial charge in [-0.05, 0) is 11.6 Å². The Morgan fingerprint density at radius 3 is 2.50 bits per heavy atom. The molecule has 1 aliphatic carbocycles. The molecule has 3 N–H and O–H groups in total. The van der Waals surface area contributed by atoms with Crippen molar-refractivity contribution in [2.24, 2.45) is 16.6 Å². The molecule has 2 heterocycles. The minimum absolute atomic E-state index is 0.235. The Bertz CT molecular complexity index is 789. The van der Waals surface area contributed by atoms with Crippen molar-refractivity contribution >= 4 is 21.8 Å². The van der Waals surface area contributed by atoms with Crippen LogP contribution in [0.4, 0.5) is 0 Å². The molecule has 110 valence electrons. The quantitative estimate of drug-likeness (QED) is 0.717. The lowest BCUT2D eigenvalue weighted by Gasteiger charge is -2.23. The third-order valence-electron chi connectivity index (χ3n) is 4.91. The highest BCUT2D eigenvalue weighted by atomic mass is 79.9. The van der Waals surface area contributed by atoms with Gasteiger partial charge >= 0.3 is 5.91 Å². The molecule has 0 aromatic heterocycles. The Balaban J connectivity index is 1.97. The second-order valence-electron chi connectivity index (χ2n) is 5.65. The Morgan fingerprint density at radius 1 is 1.23 bits per heavy atom. The molecule has 0 bridgehead atoms. The number of fused-ring (bicyclic) bond motifs is 2. The fourth-order valence-electron chi connectivity index (χ4n) is 3.99. The smallest absolute Gasteiger partial charge is 0.311 e. The molecule has 3 aliphatic rings. The van der Waals surface area contributed by atoms with E-state index in [9.17, 15) is 10.5 Å². The summed E-state index contributed by atoms with van der Waals surface area (Å²) in [7, 11) is 0. The van der Waals surface area contributed by atoms with Gasteiger partial charge in [0.25, 0.3) is 5.84 Å². The zero-order chi connectivity index (χ0) is 15.6. The molecule has 4 rings (SSSR count). The van der Waals surface area contributed by atoms with E-state index in [0.717, 1.165) is 10.0 Å². The maximum absolute atomic E-state index is 9.94. The molecule has 2 fully saturated rings. The normalized spacial score (nSPS) is 37.2. The van der Waals surface area contributed by atoms with Crippen LogP contribution in [0, 0.1) is 33.5 Å². The molecular formula is C15H12BrN4O2+. The van der Waals surface area contributed by atoms with E-state index in [0.29, 0.717) is 13.2 Å². The van der Waals surface area contributed by atoms with Gasteiger partial charge in [-0.25, -0.2) is 4.99 Å². The van der Waals surface area contributed by atoms with Crippen LogP contribution in [-0.4, -0.2) is 25.0 Å². The van der Waals surface area contributed by atoms with Crippen molar-refractivity contribution in [2.75, 3.05) is 13.2 Å². The lowest BCUT2D eigenvalue weighted by Crippen LogP contribution is -2.89. The second-order valence-corrected chi connectivity index (χ2v) is 6.50. The predicted molar refractivity (Wildman–Crippen MR) is 77.8 cm³/mol. The molecule has 0 amide bonds. The molecule has 3 atom stereocenters. The van der Waals surface area contributed by atoms with Crippen molar-refractivity contribution in [3.05, 3.63) is 34.3 Å². The fourth-order valence-corrected chi connectivity index (χ4v) is 4.51. The highest BCUT2D eigenvalue weighted by Gasteiger charge is 2.97. The summed E-state index contributed by atoms with van der Waals surface area (Å²) in [5, 5.41) is 19.8. The number of halogens is 1. The summed E-state index contributed by atoms with van der Waals surface area (Å²) in [6.07, 6.45) is 0. The molecule has 2 aliphatic heterocycles. The number of benzene rings is 1. The van der Waals surface area contributed by atoms with Crippen LogP contribution >= 0.6 is 15.9 Å². The molecule has 0 radical (unpaired) electrons. The zero-order valence-corrected chi connectivity index (χ0v) is 13.1. The van der Waals surface area contributed by atoms with Gasteiger partial charge in [0, 0.05) is 10.4 Å². The molecule has 6 nitrogen and oxygen atoms in total. The summed E-state index contributed by atoms with van der Waals surface area (Å²) in [4.78, 5) is 2.92. The number of nitriles is 2. The number of amidine groups is 1. The average Bonchev–Trinajstić information content (AvgIpc) is 2.76. The van der Waals surface area contributed by atoms with E-state index in [1.807, 2.05) is 24.3 Å². The minimum atomic E-state index is -1.35. The average molecular weight is 360 g/mol. The first-order chi connectivity index (χ1) is 10.6. The largest absolute Gasteiger partial charge is 0.343 e. The molecule has 1 aromatic rings. The van der Waals surface area contributed by atoms with E-state index < -0.39 is 22.7 Å². The summed E-state index contributed by atoms with van der Waals surface area (Å²) >= 11 is 3.50. The standard InChI is InChI=1S/C15H11BrN4O2/c16-10-4-2-1-3-9(10)11-13(7-17)12(19)20-15(14(11,13)8-18)21-5-6-22-15/h1-4,11H,5-6H2,(H2,19,20)/p+1/t11-,13-,14-/m1/s1. The van der Waals surface area contributed by atoms with Crippen molar-refractivity contribution in [1.29, 1.82) is 10.5 Å². The summed E-state index contributed by atoms with van der Waals surface area (Å²) in [5.74, 6) is -1.52. The van der Waals surface area contributed by atoms with E-state index >= 15 is 0 Å². The molecular weight excluding hydrogens is 348 g/mol. The molecule has 1 saturated heterocycles. The van der Waals surface area contributed by atoms with Crippen LogP contribution < -0.4 is 10.7 Å². The summed E-state index contributed by atoms with van der Waals surface area (Å²) < 4.78 is 12.3. The van der Waals surface area contributed by atoms with Crippen molar-refractivity contribution in [3.8, 4) is 12.1 Å². The lowest BCUT2D eigenvalue weighted by molar-refractivity contribution is -0.676. The van der Waals surface area contributed by atoms with Gasteiger partial charge in [0.1, 0.15) is 0 Å². The van der Waals surface area contributed by atoms with Crippen molar-refractivity contribution < 1.29 is 14.5 Å². The van der Waals surface area contributed by atoms with Gasteiger partial charge in [0.05, 0.1) is 25.4 Å². The number of nitrogens with two attached hydrogens (primary N) is 1. The van der Waals surface area contributed by atoms with Crippen LogP contribution in [0.15, 0.2) is 28.7 Å². The topological polar surface area (TPSA) is 106 Å². The van der Waals surface area contributed by atoms with Crippen molar-refractivity contribution in [3.63, 3.8) is 0 Å². The maximum atomic E-state index is 9.94. The van der Waals surface area contributed by atoms with Gasteiger partial charge in [-0.3, -0.25) is 5.73 Å². The van der Waals surface area contributed by atoms with Crippen molar-refractivity contribution in [1.82, 2.24) is 0 Å². The first-order valence-electron chi connectivity index (χ1n) is 6.85. The van der Waals surface area contributed by atoms with E-state index in [4.69, 9.17) is 15.2 Å². The molecule has 7 heteroatoms. The highest BCUT2D eigenvalue weighted by molar-refractivity contribution is 9.10. The van der Waals surface area contributed by atoms with Crippen LogP contribution in [-0.2, 0) is 9.47 Å². The summed E-state index contributed by atoms with van der Waals surface area (Å²) in [5.41, 5.74) is 4.62. The first kappa shape index (κ1) is 13.7. The first-order valence-corrected chi connectivity index (χ1v) is 7.65. The van der Waals surface area contributed by atoms with Crippen molar-refractivity contribution in [2.45, 2.75) is 11.8 Å². The van der Waals surface area contributed by atoms with Gasteiger partial charge in [-0.2, -0.15) is 10.5 Å². The van der Waals surface area contributed by atoms with Crippen LogP contribution in [0.25, 0.3) is 0 Å². The second kappa shape index (κ2) is 4.08. The number of nitrogens with zero attached hydrogens (tertiary/aromatic N) is 2. The summed E-state index contributed by atoms with van der Waals surface area (Å²) in [6.45, 7) is 0.710. The van der Waals surface area contributed by atoms with E-state index in [2.05, 4.69) is 33.1 Å². The van der Waals surface area contributed by atoms with E-state index in [1.165, 1.54) is 0 Å². The molecule has 1 spiro atoms. The number of ether oxygens (including phenoxy) is 2. The maximum Gasteiger partial charge on any atom is 0.343 e. The van der Waals surface area contributed by atoms with Crippen LogP contribution in [0.5, 0.6) is 0 Å². The van der Waals surface area contributed by atoms with Gasteiger partial charge < -0.3 is 9.47 Å². The van der Waals surface area contributed by atoms with Crippen LogP contribution in [0.2, 0.25) is 0 Å². The number of rotatable bonds is 1. The number of hydrogen-bond acceptors (Lipinski definition) is 5. The van der Waals surface area contributed by atoms with Crippen LogP contribution in [0.3, 0.4) is 0 Å². The summed E-state index contributed by atoms with van der Waals surface area (Å²) in [6, 6.07) is 12.1. The van der Waals surface area contributed by atoms with E-state index in [-0.39, 0.29) is 5.84 Å². The predicted octanol–water partition coefficient (Wildman–Crippen LogP) is -0.282. The Labute approximate surface area is 135 Å². The lowest BCUT2D eigenvalue weighted by atomic mass is 9.94. The van der Waals surface area contributed by atoms with Gasteiger partial charge in [0.2, 0.25) is 0 Å². The monoisotopic (exact) mass is 359 g/mol. The molecule has 1 saturated carbocycles. The highest BCUT2D eigenvalue weighted by Crippen LogP contribution is 2.79. The zero-order valence-electron chi connectivity index (χ0n) is 11.5. The third-order valence-corrected chi connectivity index (χ3v) is 5.63. The number of hydrogen-bond donors (Lipinski definition) is 2. The van der Waals surface area contributed by atoms with E-state index in [1.54, 1.807) is 0 Å². The van der Waals surface area contributed by atoms with Gasteiger partial charge in [0.15, 0.2) is 10.8 Å².